The predicted molar refractivity (Wildman–Crippen MR) is 111 cm³/mol. The minimum absolute atomic E-state index is 0.0418. The third kappa shape index (κ3) is 4.71. The molecule has 2 aromatic rings. The van der Waals surface area contributed by atoms with Crippen molar-refractivity contribution in [3.63, 3.8) is 0 Å². The normalized spacial score (nSPS) is 19.0. The van der Waals surface area contributed by atoms with Gasteiger partial charge in [-0.25, -0.2) is 0 Å². The molecule has 0 saturated carbocycles. The molecule has 4 rings (SSSR count). The molecular weight excluding hydrogens is 390 g/mol. The molecule has 2 saturated heterocycles. The Hall–Kier alpha value is -3.00. The SMILES string of the molecule is O=C(CN1CCSC1=O)N[C@H]1CC(=O)N(c2ccc(Oc3ccccc3)cc2)C1. The van der Waals surface area contributed by atoms with E-state index in [4.69, 9.17) is 4.74 Å². The summed E-state index contributed by atoms with van der Waals surface area (Å²) >= 11 is 1.22. The first-order valence-electron chi connectivity index (χ1n) is 9.43. The van der Waals surface area contributed by atoms with Gasteiger partial charge >= 0.3 is 0 Å². The number of ether oxygens (including phenoxy) is 1. The van der Waals surface area contributed by atoms with Crippen LogP contribution >= 0.6 is 11.8 Å². The van der Waals surface area contributed by atoms with Crippen LogP contribution in [0, 0.1) is 0 Å². The predicted octanol–water partition coefficient (Wildman–Crippen LogP) is 2.87. The summed E-state index contributed by atoms with van der Waals surface area (Å²) < 4.78 is 5.77. The first kappa shape index (κ1) is 19.3. The highest BCUT2D eigenvalue weighted by Crippen LogP contribution is 2.27. The van der Waals surface area contributed by atoms with Crippen LogP contribution in [0.5, 0.6) is 11.5 Å². The highest BCUT2D eigenvalue weighted by atomic mass is 32.2. The maximum Gasteiger partial charge on any atom is 0.282 e. The summed E-state index contributed by atoms with van der Waals surface area (Å²) in [5.41, 5.74) is 0.762. The van der Waals surface area contributed by atoms with E-state index in [-0.39, 0.29) is 36.1 Å². The maximum absolute atomic E-state index is 12.4. The second kappa shape index (κ2) is 8.57. The van der Waals surface area contributed by atoms with E-state index in [2.05, 4.69) is 5.32 Å². The number of nitrogens with one attached hydrogen (secondary N) is 1. The first-order chi connectivity index (χ1) is 14.1. The van der Waals surface area contributed by atoms with Gasteiger partial charge in [-0.05, 0) is 36.4 Å². The number of carbonyl (C=O) groups excluding carboxylic acids is 3. The van der Waals surface area contributed by atoms with Crippen molar-refractivity contribution in [2.75, 3.05) is 30.3 Å². The summed E-state index contributed by atoms with van der Waals surface area (Å²) in [5.74, 6) is 1.87. The fraction of sp³-hybridized carbons (Fsp3) is 0.286. The molecule has 0 unspecified atom stereocenters. The van der Waals surface area contributed by atoms with E-state index in [9.17, 15) is 14.4 Å². The van der Waals surface area contributed by atoms with Gasteiger partial charge in [0.05, 0.1) is 6.04 Å². The van der Waals surface area contributed by atoms with Gasteiger partial charge < -0.3 is 19.9 Å². The van der Waals surface area contributed by atoms with E-state index < -0.39 is 0 Å². The molecular formula is C21H21N3O4S. The lowest BCUT2D eigenvalue weighted by Crippen LogP contribution is -2.43. The van der Waals surface area contributed by atoms with Crippen LogP contribution in [-0.4, -0.2) is 53.4 Å². The van der Waals surface area contributed by atoms with Crippen LogP contribution in [-0.2, 0) is 9.59 Å². The van der Waals surface area contributed by atoms with Crippen molar-refractivity contribution >= 4 is 34.5 Å². The molecule has 150 valence electrons. The smallest absolute Gasteiger partial charge is 0.282 e. The van der Waals surface area contributed by atoms with Gasteiger partial charge in [-0.15, -0.1) is 0 Å². The van der Waals surface area contributed by atoms with E-state index >= 15 is 0 Å². The number of amides is 3. The number of hydrogen-bond acceptors (Lipinski definition) is 5. The number of thioether (sulfide) groups is 1. The summed E-state index contributed by atoms with van der Waals surface area (Å²) in [5, 5.41) is 2.80. The molecule has 2 aliphatic heterocycles. The topological polar surface area (TPSA) is 79.0 Å². The van der Waals surface area contributed by atoms with Crippen LogP contribution in [0.15, 0.2) is 54.6 Å². The third-order valence-electron chi connectivity index (χ3n) is 4.80. The van der Waals surface area contributed by atoms with Crippen molar-refractivity contribution < 1.29 is 19.1 Å². The Balaban J connectivity index is 1.33. The second-order valence-electron chi connectivity index (χ2n) is 6.92. The molecule has 1 N–H and O–H groups in total. The lowest BCUT2D eigenvalue weighted by atomic mass is 10.2. The number of hydrogen-bond donors (Lipinski definition) is 1. The van der Waals surface area contributed by atoms with Crippen LogP contribution < -0.4 is 15.0 Å². The molecule has 2 aliphatic rings. The number of para-hydroxylation sites is 1. The van der Waals surface area contributed by atoms with Gasteiger partial charge in [-0.2, -0.15) is 0 Å². The van der Waals surface area contributed by atoms with Crippen molar-refractivity contribution in [3.8, 4) is 11.5 Å². The molecule has 7 nitrogen and oxygen atoms in total. The van der Waals surface area contributed by atoms with E-state index in [0.29, 0.717) is 24.6 Å². The summed E-state index contributed by atoms with van der Waals surface area (Å²) in [4.78, 5) is 39.4. The summed E-state index contributed by atoms with van der Waals surface area (Å²) in [6.07, 6.45) is 0.247. The van der Waals surface area contributed by atoms with Gasteiger partial charge in [0.2, 0.25) is 11.8 Å². The quantitative estimate of drug-likeness (QED) is 0.791. The van der Waals surface area contributed by atoms with Gasteiger partial charge in [-0.3, -0.25) is 14.4 Å². The van der Waals surface area contributed by atoms with E-state index in [1.54, 1.807) is 4.90 Å². The molecule has 0 spiro atoms. The first-order valence-corrected chi connectivity index (χ1v) is 10.4. The number of carbonyl (C=O) groups is 3. The fourth-order valence-electron chi connectivity index (χ4n) is 3.39. The zero-order chi connectivity index (χ0) is 20.2. The summed E-state index contributed by atoms with van der Waals surface area (Å²) in [7, 11) is 0. The number of nitrogens with zero attached hydrogens (tertiary/aromatic N) is 2. The van der Waals surface area contributed by atoms with Crippen LogP contribution in [0.1, 0.15) is 6.42 Å². The molecule has 0 radical (unpaired) electrons. The molecule has 0 bridgehead atoms. The van der Waals surface area contributed by atoms with Gasteiger partial charge in [0.25, 0.3) is 5.24 Å². The minimum atomic E-state index is -0.263. The molecule has 3 amide bonds. The van der Waals surface area contributed by atoms with Crippen LogP contribution in [0.25, 0.3) is 0 Å². The van der Waals surface area contributed by atoms with Crippen molar-refractivity contribution in [2.45, 2.75) is 12.5 Å². The maximum atomic E-state index is 12.4. The number of rotatable bonds is 6. The van der Waals surface area contributed by atoms with Crippen molar-refractivity contribution in [1.82, 2.24) is 10.2 Å². The minimum Gasteiger partial charge on any atom is -0.457 e. The zero-order valence-electron chi connectivity index (χ0n) is 15.7. The third-order valence-corrected chi connectivity index (χ3v) is 5.69. The standard InChI is InChI=1S/C21H21N3O4S/c25-19(14-23-10-11-29-21(23)27)22-15-12-20(26)24(13-15)16-6-8-18(9-7-16)28-17-4-2-1-3-5-17/h1-9,15H,10-14H2,(H,22,25)/t15-/m0/s1. The zero-order valence-corrected chi connectivity index (χ0v) is 16.6. The molecule has 1 atom stereocenters. The molecule has 2 heterocycles. The van der Waals surface area contributed by atoms with E-state index in [0.717, 1.165) is 11.4 Å². The molecule has 2 fully saturated rings. The van der Waals surface area contributed by atoms with E-state index in [1.807, 2.05) is 54.6 Å². The lowest BCUT2D eigenvalue weighted by molar-refractivity contribution is -0.122. The summed E-state index contributed by atoms with van der Waals surface area (Å²) in [6.45, 7) is 1.04. The molecule has 2 aromatic carbocycles. The molecule has 0 aromatic heterocycles. The Morgan fingerprint density at radius 2 is 1.79 bits per heavy atom. The number of anilines is 1. The van der Waals surface area contributed by atoms with Gasteiger partial charge in [0.1, 0.15) is 18.0 Å². The second-order valence-corrected chi connectivity index (χ2v) is 7.96. The Morgan fingerprint density at radius 1 is 1.07 bits per heavy atom. The average Bonchev–Trinajstić information content (AvgIpc) is 3.28. The van der Waals surface area contributed by atoms with Gasteiger partial charge in [-0.1, -0.05) is 30.0 Å². The molecule has 29 heavy (non-hydrogen) atoms. The van der Waals surface area contributed by atoms with Crippen molar-refractivity contribution in [2.24, 2.45) is 0 Å². The lowest BCUT2D eigenvalue weighted by Gasteiger charge is -2.19. The molecule has 8 heteroatoms. The molecule has 0 aliphatic carbocycles. The highest BCUT2D eigenvalue weighted by Gasteiger charge is 2.32. The van der Waals surface area contributed by atoms with Crippen molar-refractivity contribution in [1.29, 1.82) is 0 Å². The van der Waals surface area contributed by atoms with Crippen molar-refractivity contribution in [3.05, 3.63) is 54.6 Å². The van der Waals surface area contributed by atoms with Crippen LogP contribution in [0.4, 0.5) is 10.5 Å². The summed E-state index contributed by atoms with van der Waals surface area (Å²) in [6, 6.07) is 16.5. The monoisotopic (exact) mass is 411 g/mol. The highest BCUT2D eigenvalue weighted by molar-refractivity contribution is 8.13. The van der Waals surface area contributed by atoms with Crippen LogP contribution in [0.2, 0.25) is 0 Å². The number of benzene rings is 2. The average molecular weight is 411 g/mol. The largest absolute Gasteiger partial charge is 0.457 e. The Labute approximate surface area is 173 Å². The Morgan fingerprint density at radius 3 is 2.48 bits per heavy atom. The van der Waals surface area contributed by atoms with Crippen LogP contribution in [0.3, 0.4) is 0 Å². The van der Waals surface area contributed by atoms with Gasteiger partial charge in [0, 0.05) is 31.0 Å². The Kier molecular flexibility index (Phi) is 5.71. The van der Waals surface area contributed by atoms with Gasteiger partial charge in [0.15, 0.2) is 0 Å². The Bertz CT molecular complexity index is 904. The fourth-order valence-corrected chi connectivity index (χ4v) is 4.21. The van der Waals surface area contributed by atoms with E-state index in [1.165, 1.54) is 16.7 Å².